The van der Waals surface area contributed by atoms with E-state index in [2.05, 4.69) is 24.2 Å². The molecule has 21 heavy (non-hydrogen) atoms. The van der Waals surface area contributed by atoms with Crippen LogP contribution in [0.2, 0.25) is 0 Å². The second-order valence-electron chi connectivity index (χ2n) is 5.63. The van der Waals surface area contributed by atoms with Crippen LogP contribution in [-0.4, -0.2) is 54.8 Å². The molecule has 0 aliphatic heterocycles. The van der Waals surface area contributed by atoms with Gasteiger partial charge in [0, 0.05) is 25.2 Å². The molecule has 1 atom stereocenters. The Morgan fingerprint density at radius 2 is 2.29 bits per heavy atom. The van der Waals surface area contributed by atoms with Crippen molar-refractivity contribution in [2.75, 3.05) is 26.7 Å². The highest BCUT2D eigenvalue weighted by molar-refractivity contribution is 5.87. The quantitative estimate of drug-likeness (QED) is 0.680. The summed E-state index contributed by atoms with van der Waals surface area (Å²) in [5, 5.41) is 12.3. The van der Waals surface area contributed by atoms with Crippen LogP contribution in [0.4, 0.5) is 0 Å². The Balaban J connectivity index is 1.63. The third-order valence-electron chi connectivity index (χ3n) is 3.89. The monoisotopic (exact) mass is 292 g/mol. The van der Waals surface area contributed by atoms with Crippen LogP contribution in [0.1, 0.15) is 30.1 Å². The number of carboxylic acid groups (broad SMARTS) is 1. The van der Waals surface area contributed by atoms with E-state index in [0.29, 0.717) is 18.4 Å². The number of rotatable bonds is 9. The molecule has 1 aliphatic carbocycles. The van der Waals surface area contributed by atoms with Crippen LogP contribution in [0.5, 0.6) is 5.75 Å². The molecule has 1 fully saturated rings. The summed E-state index contributed by atoms with van der Waals surface area (Å²) in [6.45, 7) is 4.44. The topological polar surface area (TPSA) is 61.8 Å². The van der Waals surface area contributed by atoms with E-state index in [1.54, 1.807) is 24.3 Å². The van der Waals surface area contributed by atoms with Gasteiger partial charge >= 0.3 is 5.97 Å². The molecule has 116 valence electrons. The normalized spacial score (nSPS) is 16.0. The van der Waals surface area contributed by atoms with Gasteiger partial charge in [-0.3, -0.25) is 4.90 Å². The number of carboxylic acids is 1. The second kappa shape index (κ2) is 7.43. The third kappa shape index (κ3) is 5.02. The number of likely N-dealkylation sites (N-methyl/N-ethyl adjacent to an activating group) is 1. The van der Waals surface area contributed by atoms with Gasteiger partial charge in [-0.1, -0.05) is 6.07 Å². The number of benzene rings is 1. The second-order valence-corrected chi connectivity index (χ2v) is 5.63. The highest BCUT2D eigenvalue weighted by atomic mass is 16.5. The third-order valence-corrected chi connectivity index (χ3v) is 3.89. The minimum Gasteiger partial charge on any atom is -0.492 e. The fraction of sp³-hybridized carbons (Fsp3) is 0.562. The van der Waals surface area contributed by atoms with E-state index in [9.17, 15) is 4.79 Å². The predicted molar refractivity (Wildman–Crippen MR) is 82.0 cm³/mol. The first-order valence-corrected chi connectivity index (χ1v) is 7.46. The summed E-state index contributed by atoms with van der Waals surface area (Å²) in [5.74, 6) is -0.338. The van der Waals surface area contributed by atoms with E-state index in [4.69, 9.17) is 9.84 Å². The molecule has 1 aromatic carbocycles. The number of hydrogen-bond donors (Lipinski definition) is 2. The van der Waals surface area contributed by atoms with Gasteiger partial charge in [0.2, 0.25) is 0 Å². The molecule has 1 aromatic rings. The first-order chi connectivity index (χ1) is 10.1. The lowest BCUT2D eigenvalue weighted by Crippen LogP contribution is -2.40. The molecule has 0 radical (unpaired) electrons. The van der Waals surface area contributed by atoms with E-state index >= 15 is 0 Å². The zero-order valence-corrected chi connectivity index (χ0v) is 12.7. The molecular weight excluding hydrogens is 268 g/mol. The van der Waals surface area contributed by atoms with Crippen molar-refractivity contribution in [3.8, 4) is 5.75 Å². The van der Waals surface area contributed by atoms with Crippen molar-refractivity contribution in [1.82, 2.24) is 10.2 Å². The molecule has 0 spiro atoms. The molecule has 2 rings (SSSR count). The van der Waals surface area contributed by atoms with E-state index < -0.39 is 5.97 Å². The lowest BCUT2D eigenvalue weighted by atomic mass is 10.2. The van der Waals surface area contributed by atoms with Gasteiger partial charge in [-0.2, -0.15) is 0 Å². The number of nitrogens with zero attached hydrogens (tertiary/aromatic N) is 1. The van der Waals surface area contributed by atoms with Crippen molar-refractivity contribution in [3.63, 3.8) is 0 Å². The molecule has 5 heteroatoms. The number of carbonyl (C=O) groups is 1. The van der Waals surface area contributed by atoms with E-state index in [1.165, 1.54) is 12.8 Å². The van der Waals surface area contributed by atoms with Crippen LogP contribution in [0.3, 0.4) is 0 Å². The minimum atomic E-state index is -0.935. The van der Waals surface area contributed by atoms with Gasteiger partial charge in [-0.05, 0) is 45.0 Å². The van der Waals surface area contributed by atoms with Gasteiger partial charge in [0.25, 0.3) is 0 Å². The van der Waals surface area contributed by atoms with Gasteiger partial charge in [-0.25, -0.2) is 4.79 Å². The maximum absolute atomic E-state index is 10.9. The Bertz CT molecular complexity index is 474. The van der Waals surface area contributed by atoms with Crippen molar-refractivity contribution in [2.24, 2.45) is 0 Å². The summed E-state index contributed by atoms with van der Waals surface area (Å²) in [4.78, 5) is 13.3. The van der Waals surface area contributed by atoms with Gasteiger partial charge in [0.1, 0.15) is 12.4 Å². The van der Waals surface area contributed by atoms with E-state index in [1.807, 2.05) is 0 Å². The van der Waals surface area contributed by atoms with Crippen LogP contribution < -0.4 is 10.1 Å². The molecule has 2 N–H and O–H groups in total. The number of ether oxygens (including phenoxy) is 1. The van der Waals surface area contributed by atoms with Gasteiger partial charge in [-0.15, -0.1) is 0 Å². The molecule has 0 bridgehead atoms. The molecule has 1 unspecified atom stereocenters. The smallest absolute Gasteiger partial charge is 0.335 e. The Hall–Kier alpha value is -1.59. The number of aromatic carboxylic acids is 1. The van der Waals surface area contributed by atoms with Crippen molar-refractivity contribution >= 4 is 5.97 Å². The molecule has 0 heterocycles. The van der Waals surface area contributed by atoms with Crippen molar-refractivity contribution in [1.29, 1.82) is 0 Å². The maximum atomic E-state index is 10.9. The zero-order valence-electron chi connectivity index (χ0n) is 12.7. The number of hydrogen-bond acceptors (Lipinski definition) is 4. The van der Waals surface area contributed by atoms with Gasteiger partial charge in [0.05, 0.1) is 5.56 Å². The van der Waals surface area contributed by atoms with Gasteiger partial charge < -0.3 is 15.2 Å². The Labute approximate surface area is 125 Å². The van der Waals surface area contributed by atoms with Crippen LogP contribution in [0.25, 0.3) is 0 Å². The Kier molecular flexibility index (Phi) is 5.59. The molecule has 0 amide bonds. The first-order valence-electron chi connectivity index (χ1n) is 7.46. The summed E-state index contributed by atoms with van der Waals surface area (Å²) >= 11 is 0. The van der Waals surface area contributed by atoms with E-state index in [0.717, 1.165) is 19.1 Å². The van der Waals surface area contributed by atoms with Crippen LogP contribution in [-0.2, 0) is 0 Å². The highest BCUT2D eigenvalue weighted by Crippen LogP contribution is 2.26. The molecular formula is C16H24N2O3. The average Bonchev–Trinajstić information content (AvgIpc) is 3.30. The van der Waals surface area contributed by atoms with E-state index in [-0.39, 0.29) is 5.56 Å². The minimum absolute atomic E-state index is 0.250. The summed E-state index contributed by atoms with van der Waals surface area (Å²) in [7, 11) is 2.18. The molecule has 0 aromatic heterocycles. The predicted octanol–water partition coefficient (Wildman–Crippen LogP) is 1.84. The molecule has 0 saturated heterocycles. The molecule has 1 saturated carbocycles. The fourth-order valence-corrected chi connectivity index (χ4v) is 2.26. The summed E-state index contributed by atoms with van der Waals surface area (Å²) < 4.78 is 5.56. The summed E-state index contributed by atoms with van der Waals surface area (Å²) in [6.07, 6.45) is 2.65. The average molecular weight is 292 g/mol. The lowest BCUT2D eigenvalue weighted by Gasteiger charge is -2.24. The summed E-state index contributed by atoms with van der Waals surface area (Å²) in [6, 6.07) is 7.87. The SMILES string of the molecule is CC(CNCCOc1cccc(C(=O)O)c1)N(C)C1CC1. The summed E-state index contributed by atoms with van der Waals surface area (Å²) in [5.41, 5.74) is 0.250. The lowest BCUT2D eigenvalue weighted by molar-refractivity contribution is 0.0696. The zero-order chi connectivity index (χ0) is 15.2. The first kappa shape index (κ1) is 15.8. The largest absolute Gasteiger partial charge is 0.492 e. The van der Waals surface area contributed by atoms with Crippen molar-refractivity contribution in [3.05, 3.63) is 29.8 Å². The van der Waals surface area contributed by atoms with Crippen molar-refractivity contribution in [2.45, 2.75) is 31.8 Å². The maximum Gasteiger partial charge on any atom is 0.335 e. The molecule has 5 nitrogen and oxygen atoms in total. The highest BCUT2D eigenvalue weighted by Gasteiger charge is 2.28. The standard InChI is InChI=1S/C16H24N2O3/c1-12(18(2)14-6-7-14)11-17-8-9-21-15-5-3-4-13(10-15)16(19)20/h3-5,10,12,14,17H,6-9,11H2,1-2H3,(H,19,20). The number of nitrogens with one attached hydrogen (secondary N) is 1. The van der Waals surface area contributed by atoms with Crippen LogP contribution in [0, 0.1) is 0 Å². The van der Waals surface area contributed by atoms with Crippen LogP contribution in [0.15, 0.2) is 24.3 Å². The van der Waals surface area contributed by atoms with Gasteiger partial charge in [0.15, 0.2) is 0 Å². The Morgan fingerprint density at radius 3 is 2.95 bits per heavy atom. The van der Waals surface area contributed by atoms with Crippen molar-refractivity contribution < 1.29 is 14.6 Å². The molecule has 1 aliphatic rings. The van der Waals surface area contributed by atoms with Crippen LogP contribution >= 0.6 is 0 Å². The Morgan fingerprint density at radius 1 is 1.52 bits per heavy atom. The fourth-order valence-electron chi connectivity index (χ4n) is 2.26.